The number of nitrogens with zero attached hydrogens (tertiary/aromatic N) is 1. The number of hydrogen-bond acceptors (Lipinski definition) is 5. The second-order valence-corrected chi connectivity index (χ2v) is 5.14. The molecule has 0 aliphatic carbocycles. The number of benzene rings is 2. The van der Waals surface area contributed by atoms with E-state index in [0.717, 1.165) is 6.42 Å². The molecular weight excluding hydrogens is 306 g/mol. The van der Waals surface area contributed by atoms with Gasteiger partial charge < -0.3 is 14.2 Å². The molecule has 2 rings (SSSR count). The molecule has 0 heterocycles. The highest BCUT2D eigenvalue weighted by atomic mass is 16.6. The van der Waals surface area contributed by atoms with Crippen LogP contribution >= 0.6 is 0 Å². The van der Waals surface area contributed by atoms with Gasteiger partial charge in [-0.15, -0.1) is 0 Å². The highest BCUT2D eigenvalue weighted by molar-refractivity contribution is 5.74. The van der Waals surface area contributed by atoms with Crippen molar-refractivity contribution in [2.45, 2.75) is 26.4 Å². The van der Waals surface area contributed by atoms with E-state index in [-0.39, 0.29) is 5.97 Å². The van der Waals surface area contributed by atoms with E-state index >= 15 is 0 Å². The van der Waals surface area contributed by atoms with Crippen LogP contribution in [0.25, 0.3) is 0 Å². The van der Waals surface area contributed by atoms with Gasteiger partial charge in [0.25, 0.3) is 0 Å². The smallest absolute Gasteiger partial charge is 0.347 e. The number of hydrogen-bond donors (Lipinski definition) is 0. The monoisotopic (exact) mass is 325 g/mol. The molecule has 0 N–H and O–H groups in total. The topological polar surface area (TPSA) is 68.6 Å². The molecule has 0 bridgehead atoms. The summed E-state index contributed by atoms with van der Waals surface area (Å²) in [4.78, 5) is 11.7. The Bertz CT molecular complexity index is 702. The Morgan fingerprint density at radius 3 is 2.12 bits per heavy atom. The lowest BCUT2D eigenvalue weighted by Gasteiger charge is -2.14. The highest BCUT2D eigenvalue weighted by Crippen LogP contribution is 2.24. The van der Waals surface area contributed by atoms with Crippen LogP contribution in [0.1, 0.15) is 25.8 Å². The summed E-state index contributed by atoms with van der Waals surface area (Å²) in [5.41, 5.74) is 0.579. The van der Waals surface area contributed by atoms with Crippen LogP contribution in [0.5, 0.6) is 17.2 Å². The van der Waals surface area contributed by atoms with Gasteiger partial charge in [0.1, 0.15) is 17.2 Å². The summed E-state index contributed by atoms with van der Waals surface area (Å²) in [6, 6.07) is 15.8. The minimum absolute atomic E-state index is 0.380. The molecule has 0 aliphatic heterocycles. The molecule has 2 aromatic rings. The average molecular weight is 325 g/mol. The highest BCUT2D eigenvalue weighted by Gasteiger charge is 2.15. The molecule has 0 radical (unpaired) electrons. The van der Waals surface area contributed by atoms with Gasteiger partial charge in [-0.2, -0.15) is 5.26 Å². The second kappa shape index (κ2) is 8.59. The van der Waals surface area contributed by atoms with Crippen LogP contribution in [-0.2, 0) is 9.53 Å². The van der Waals surface area contributed by atoms with E-state index in [1.54, 1.807) is 55.5 Å². The quantitative estimate of drug-likeness (QED) is 0.718. The van der Waals surface area contributed by atoms with E-state index in [1.165, 1.54) is 0 Å². The van der Waals surface area contributed by atoms with Crippen molar-refractivity contribution in [2.24, 2.45) is 0 Å². The summed E-state index contributed by atoms with van der Waals surface area (Å²) < 4.78 is 16.3. The van der Waals surface area contributed by atoms with Gasteiger partial charge in [0.2, 0.25) is 0 Å². The fourth-order valence-corrected chi connectivity index (χ4v) is 1.89. The van der Waals surface area contributed by atoms with Crippen molar-refractivity contribution in [3.63, 3.8) is 0 Å². The fraction of sp³-hybridized carbons (Fsp3) is 0.263. The molecule has 0 spiro atoms. The maximum absolute atomic E-state index is 11.7. The van der Waals surface area contributed by atoms with E-state index in [9.17, 15) is 4.79 Å². The third-order valence-electron chi connectivity index (χ3n) is 3.14. The van der Waals surface area contributed by atoms with Crippen molar-refractivity contribution in [1.82, 2.24) is 0 Å². The molecule has 0 fully saturated rings. The van der Waals surface area contributed by atoms with Crippen molar-refractivity contribution >= 4 is 5.97 Å². The predicted molar refractivity (Wildman–Crippen MR) is 89.0 cm³/mol. The summed E-state index contributed by atoms with van der Waals surface area (Å²) >= 11 is 0. The van der Waals surface area contributed by atoms with E-state index in [0.29, 0.717) is 29.4 Å². The number of carbonyl (C=O) groups is 1. The lowest BCUT2D eigenvalue weighted by atomic mass is 10.2. The van der Waals surface area contributed by atoms with Crippen LogP contribution in [0.2, 0.25) is 0 Å². The van der Waals surface area contributed by atoms with Crippen molar-refractivity contribution < 1.29 is 19.0 Å². The van der Waals surface area contributed by atoms with E-state index in [2.05, 4.69) is 6.07 Å². The van der Waals surface area contributed by atoms with Crippen LogP contribution in [0, 0.1) is 11.3 Å². The minimum Gasteiger partial charge on any atom is -0.479 e. The van der Waals surface area contributed by atoms with Crippen molar-refractivity contribution in [1.29, 1.82) is 5.26 Å². The maximum Gasteiger partial charge on any atom is 0.347 e. The Hall–Kier alpha value is -3.00. The van der Waals surface area contributed by atoms with Gasteiger partial charge >= 0.3 is 5.97 Å². The third-order valence-corrected chi connectivity index (χ3v) is 3.14. The molecule has 0 saturated heterocycles. The molecule has 0 amide bonds. The Morgan fingerprint density at radius 2 is 1.58 bits per heavy atom. The lowest BCUT2D eigenvalue weighted by Crippen LogP contribution is -2.26. The fourth-order valence-electron chi connectivity index (χ4n) is 1.89. The van der Waals surface area contributed by atoms with Crippen LogP contribution in [-0.4, -0.2) is 18.7 Å². The summed E-state index contributed by atoms with van der Waals surface area (Å²) in [7, 11) is 0. The molecular formula is C19H19NO4. The SMILES string of the molecule is CCCOC(=O)C(C)Oc1ccc(Oc2ccc(C#N)cc2)cc1. The first-order valence-corrected chi connectivity index (χ1v) is 7.73. The first-order chi connectivity index (χ1) is 11.6. The zero-order valence-corrected chi connectivity index (χ0v) is 13.7. The van der Waals surface area contributed by atoms with Crippen LogP contribution < -0.4 is 9.47 Å². The van der Waals surface area contributed by atoms with Crippen LogP contribution in [0.4, 0.5) is 0 Å². The number of esters is 1. The molecule has 0 aromatic heterocycles. The van der Waals surface area contributed by atoms with Gasteiger partial charge in [-0.05, 0) is 61.9 Å². The molecule has 5 nitrogen and oxygen atoms in total. The van der Waals surface area contributed by atoms with Gasteiger partial charge in [-0.3, -0.25) is 0 Å². The van der Waals surface area contributed by atoms with E-state index < -0.39 is 6.10 Å². The Kier molecular flexibility index (Phi) is 6.21. The Morgan fingerprint density at radius 1 is 1.04 bits per heavy atom. The Balaban J connectivity index is 1.92. The van der Waals surface area contributed by atoms with Gasteiger partial charge in [-0.1, -0.05) is 6.92 Å². The van der Waals surface area contributed by atoms with Crippen molar-refractivity contribution in [3.05, 3.63) is 54.1 Å². The minimum atomic E-state index is -0.665. The molecule has 124 valence electrons. The first-order valence-electron chi connectivity index (χ1n) is 7.73. The van der Waals surface area contributed by atoms with E-state index in [1.807, 2.05) is 6.92 Å². The maximum atomic E-state index is 11.7. The first kappa shape index (κ1) is 17.4. The second-order valence-electron chi connectivity index (χ2n) is 5.14. The summed E-state index contributed by atoms with van der Waals surface area (Å²) in [6.07, 6.45) is 0.113. The zero-order chi connectivity index (χ0) is 17.4. The van der Waals surface area contributed by atoms with E-state index in [4.69, 9.17) is 19.5 Å². The number of carbonyl (C=O) groups excluding carboxylic acids is 1. The lowest BCUT2D eigenvalue weighted by molar-refractivity contribution is -0.151. The Labute approximate surface area is 141 Å². The van der Waals surface area contributed by atoms with Gasteiger partial charge in [-0.25, -0.2) is 4.79 Å². The third kappa shape index (κ3) is 5.03. The van der Waals surface area contributed by atoms with Crippen LogP contribution in [0.3, 0.4) is 0 Å². The van der Waals surface area contributed by atoms with Gasteiger partial charge in [0.15, 0.2) is 6.10 Å². The standard InChI is InChI=1S/C19H19NO4/c1-3-12-22-19(21)14(2)23-16-8-10-18(11-9-16)24-17-6-4-15(13-20)5-7-17/h4-11,14H,3,12H2,1-2H3. The average Bonchev–Trinajstić information content (AvgIpc) is 2.62. The van der Waals surface area contributed by atoms with Gasteiger partial charge in [0, 0.05) is 0 Å². The van der Waals surface area contributed by atoms with Crippen LogP contribution in [0.15, 0.2) is 48.5 Å². The molecule has 0 aliphatic rings. The summed E-state index contributed by atoms with van der Waals surface area (Å²) in [6.45, 7) is 3.98. The van der Waals surface area contributed by atoms with Crippen molar-refractivity contribution in [3.8, 4) is 23.3 Å². The largest absolute Gasteiger partial charge is 0.479 e. The summed E-state index contributed by atoms with van der Waals surface area (Å²) in [5.74, 6) is 1.45. The van der Waals surface area contributed by atoms with Gasteiger partial charge in [0.05, 0.1) is 18.2 Å². The predicted octanol–water partition coefficient (Wildman–Crippen LogP) is 4.07. The molecule has 24 heavy (non-hydrogen) atoms. The normalized spacial score (nSPS) is 11.2. The zero-order valence-electron chi connectivity index (χ0n) is 13.7. The number of ether oxygens (including phenoxy) is 3. The molecule has 5 heteroatoms. The van der Waals surface area contributed by atoms with Crippen molar-refractivity contribution in [2.75, 3.05) is 6.61 Å². The number of nitriles is 1. The number of rotatable bonds is 7. The molecule has 1 atom stereocenters. The molecule has 0 saturated carbocycles. The molecule has 1 unspecified atom stereocenters. The summed E-state index contributed by atoms with van der Waals surface area (Å²) in [5, 5.41) is 8.77. The molecule has 2 aromatic carbocycles.